The van der Waals surface area contributed by atoms with Crippen LogP contribution >= 0.6 is 34.5 Å². The van der Waals surface area contributed by atoms with Gasteiger partial charge in [0.25, 0.3) is 0 Å². The number of aromatic nitrogens is 2. The molecule has 0 radical (unpaired) electrons. The SMILES string of the molecule is CNS(=O)(=O)O[C@@H]1C[C@H](Nc2ncncc2C(=O)c2cc([C@]3(c4cccc(Cl)c4)CCO3)c(Cl)s2)C[C@@H]1O. The van der Waals surface area contributed by atoms with Crippen LogP contribution in [-0.2, 0) is 24.8 Å². The van der Waals surface area contributed by atoms with Crippen molar-refractivity contribution in [3.05, 3.63) is 73.8 Å². The van der Waals surface area contributed by atoms with Crippen molar-refractivity contribution >= 4 is 56.4 Å². The number of carbonyl (C=O) groups excluding carboxylic acids is 1. The standard InChI is InChI=1S/C24H24Cl2N4O6S2/c1-27-38(33,34)36-19-9-15(8-18(19)31)30-23-16(11-28-12-29-23)21(32)20-10-17(22(26)37-20)24(5-6-35-24)13-3-2-4-14(25)7-13/h2-4,7,10-12,15,18-19,27,31H,5-6,8-9H2,1H3,(H,28,29,30)/t15-,18+,19-,24-/m1/s1. The van der Waals surface area contributed by atoms with E-state index in [1.165, 1.54) is 19.6 Å². The molecule has 1 aromatic carbocycles. The maximum atomic E-state index is 13.6. The number of hydrogen-bond donors (Lipinski definition) is 3. The van der Waals surface area contributed by atoms with E-state index in [9.17, 15) is 18.3 Å². The number of benzene rings is 1. The van der Waals surface area contributed by atoms with Gasteiger partial charge in [-0.15, -0.1) is 11.3 Å². The zero-order valence-corrected chi connectivity index (χ0v) is 23.2. The van der Waals surface area contributed by atoms with Crippen molar-refractivity contribution in [2.75, 3.05) is 19.0 Å². The second-order valence-corrected chi connectivity index (χ2v) is 12.6. The number of hydrogen-bond acceptors (Lipinski definition) is 10. The molecule has 3 aromatic rings. The molecular formula is C24H24Cl2N4O6S2. The van der Waals surface area contributed by atoms with Crippen LogP contribution in [0.15, 0.2) is 42.9 Å². The predicted octanol–water partition coefficient (Wildman–Crippen LogP) is 3.52. The summed E-state index contributed by atoms with van der Waals surface area (Å²) in [6, 6.07) is 8.72. The molecule has 5 rings (SSSR count). The minimum atomic E-state index is -3.97. The fourth-order valence-electron chi connectivity index (χ4n) is 4.74. The lowest BCUT2D eigenvalue weighted by molar-refractivity contribution is -0.123. The highest BCUT2D eigenvalue weighted by Gasteiger charge is 2.45. The summed E-state index contributed by atoms with van der Waals surface area (Å²) >= 11 is 14.0. The van der Waals surface area contributed by atoms with Gasteiger partial charge < -0.3 is 15.2 Å². The van der Waals surface area contributed by atoms with Crippen LogP contribution in [-0.4, -0.2) is 61.2 Å². The predicted molar refractivity (Wildman–Crippen MR) is 143 cm³/mol. The van der Waals surface area contributed by atoms with E-state index in [2.05, 4.69) is 20.0 Å². The van der Waals surface area contributed by atoms with Crippen molar-refractivity contribution in [1.82, 2.24) is 14.7 Å². The van der Waals surface area contributed by atoms with Gasteiger partial charge >= 0.3 is 10.3 Å². The van der Waals surface area contributed by atoms with Crippen LogP contribution < -0.4 is 10.0 Å². The Labute approximate surface area is 233 Å². The third-order valence-electron chi connectivity index (χ3n) is 6.71. The fraction of sp³-hybridized carbons (Fsp3) is 0.375. The van der Waals surface area contributed by atoms with Gasteiger partial charge in [-0.3, -0.25) is 8.98 Å². The Morgan fingerprint density at radius 3 is 2.76 bits per heavy atom. The smallest absolute Gasteiger partial charge is 0.335 e. The molecule has 1 saturated carbocycles. The molecule has 10 nitrogen and oxygen atoms in total. The topological polar surface area (TPSA) is 140 Å². The number of anilines is 1. The Kier molecular flexibility index (Phi) is 7.77. The largest absolute Gasteiger partial charge is 0.390 e. The lowest BCUT2D eigenvalue weighted by Crippen LogP contribution is -2.41. The highest BCUT2D eigenvalue weighted by molar-refractivity contribution is 7.84. The van der Waals surface area contributed by atoms with E-state index in [1.54, 1.807) is 12.1 Å². The summed E-state index contributed by atoms with van der Waals surface area (Å²) in [5, 5.41) is 14.0. The molecule has 3 heterocycles. The summed E-state index contributed by atoms with van der Waals surface area (Å²) in [6.45, 7) is 0.552. The van der Waals surface area contributed by atoms with Gasteiger partial charge in [-0.2, -0.15) is 13.1 Å². The first kappa shape index (κ1) is 27.4. The lowest BCUT2D eigenvalue weighted by atomic mass is 9.81. The normalized spacial score (nSPS) is 25.2. The lowest BCUT2D eigenvalue weighted by Gasteiger charge is -2.42. The second-order valence-electron chi connectivity index (χ2n) is 9.02. The molecule has 14 heteroatoms. The zero-order chi connectivity index (χ0) is 27.1. The first-order chi connectivity index (χ1) is 18.1. The Hall–Kier alpha value is -2.16. The maximum Gasteiger partial charge on any atom is 0.335 e. The number of aliphatic hydroxyl groups is 1. The summed E-state index contributed by atoms with van der Waals surface area (Å²) < 4.78 is 37.0. The number of carbonyl (C=O) groups is 1. The summed E-state index contributed by atoms with van der Waals surface area (Å²) in [4.78, 5) is 22.2. The monoisotopic (exact) mass is 598 g/mol. The van der Waals surface area contributed by atoms with Crippen LogP contribution in [0.5, 0.6) is 0 Å². The molecule has 0 bridgehead atoms. The van der Waals surface area contributed by atoms with Crippen molar-refractivity contribution in [3.63, 3.8) is 0 Å². The highest BCUT2D eigenvalue weighted by Crippen LogP contribution is 2.49. The minimum Gasteiger partial charge on any atom is -0.390 e. The van der Waals surface area contributed by atoms with Gasteiger partial charge in [0.1, 0.15) is 28.2 Å². The van der Waals surface area contributed by atoms with Crippen molar-refractivity contribution in [2.45, 2.75) is 43.1 Å². The van der Waals surface area contributed by atoms with Gasteiger partial charge in [-0.25, -0.2) is 9.97 Å². The van der Waals surface area contributed by atoms with Crippen LogP contribution in [0.2, 0.25) is 9.36 Å². The minimum absolute atomic E-state index is 0.189. The van der Waals surface area contributed by atoms with E-state index in [1.807, 2.05) is 18.2 Å². The van der Waals surface area contributed by atoms with Crippen molar-refractivity contribution < 1.29 is 27.2 Å². The zero-order valence-electron chi connectivity index (χ0n) is 20.1. The summed E-state index contributed by atoms with van der Waals surface area (Å²) in [6.07, 6.45) is 1.84. The number of nitrogens with one attached hydrogen (secondary N) is 2. The van der Waals surface area contributed by atoms with Gasteiger partial charge in [0, 0.05) is 36.3 Å². The van der Waals surface area contributed by atoms with E-state index < -0.39 is 28.1 Å². The molecule has 2 fully saturated rings. The molecule has 3 N–H and O–H groups in total. The van der Waals surface area contributed by atoms with Crippen LogP contribution in [0.4, 0.5) is 5.82 Å². The van der Waals surface area contributed by atoms with Crippen LogP contribution in [0, 0.1) is 0 Å². The molecule has 2 aliphatic rings. The molecule has 1 saturated heterocycles. The average molecular weight is 600 g/mol. The molecule has 0 spiro atoms. The second kappa shape index (κ2) is 10.8. The number of ether oxygens (including phenoxy) is 1. The molecule has 202 valence electrons. The first-order valence-electron chi connectivity index (χ1n) is 11.7. The van der Waals surface area contributed by atoms with Gasteiger partial charge in [0.05, 0.1) is 23.2 Å². The van der Waals surface area contributed by atoms with E-state index >= 15 is 0 Å². The molecule has 4 atom stereocenters. The number of nitrogens with zero attached hydrogens (tertiary/aromatic N) is 2. The summed E-state index contributed by atoms with van der Waals surface area (Å²) in [5.41, 5.74) is 0.979. The first-order valence-corrected chi connectivity index (χ1v) is 14.7. The molecule has 1 aliphatic carbocycles. The molecule has 2 aromatic heterocycles. The molecule has 0 unspecified atom stereocenters. The van der Waals surface area contributed by atoms with Crippen LogP contribution in [0.25, 0.3) is 0 Å². The van der Waals surface area contributed by atoms with E-state index in [4.69, 9.17) is 32.1 Å². The number of aliphatic hydroxyl groups excluding tert-OH is 1. The van der Waals surface area contributed by atoms with Gasteiger partial charge in [0.15, 0.2) is 0 Å². The number of rotatable bonds is 9. The number of thiophene rings is 1. The van der Waals surface area contributed by atoms with E-state index in [-0.39, 0.29) is 36.0 Å². The Balaban J connectivity index is 1.38. The third-order valence-corrected chi connectivity index (χ3v) is 9.30. The maximum absolute atomic E-state index is 13.6. The van der Waals surface area contributed by atoms with Gasteiger partial charge in [-0.1, -0.05) is 35.3 Å². The molecular weight excluding hydrogens is 575 g/mol. The quantitative estimate of drug-likeness (QED) is 0.315. The molecule has 38 heavy (non-hydrogen) atoms. The highest BCUT2D eigenvalue weighted by atomic mass is 35.5. The number of halogens is 2. The van der Waals surface area contributed by atoms with Gasteiger partial charge in [0.2, 0.25) is 5.78 Å². The Bertz CT molecular complexity index is 1460. The Morgan fingerprint density at radius 2 is 2.08 bits per heavy atom. The fourth-order valence-corrected chi connectivity index (χ4v) is 6.93. The summed E-state index contributed by atoms with van der Waals surface area (Å²) in [5.74, 6) is -0.0780. The van der Waals surface area contributed by atoms with Gasteiger partial charge in [-0.05, 0) is 36.6 Å². The van der Waals surface area contributed by atoms with Crippen LogP contribution in [0.1, 0.15) is 45.6 Å². The Morgan fingerprint density at radius 1 is 1.29 bits per heavy atom. The average Bonchev–Trinajstić information content (AvgIpc) is 3.40. The van der Waals surface area contributed by atoms with E-state index in [0.29, 0.717) is 32.8 Å². The van der Waals surface area contributed by atoms with Crippen molar-refractivity contribution in [3.8, 4) is 0 Å². The molecule has 1 aliphatic heterocycles. The van der Waals surface area contributed by atoms with Crippen molar-refractivity contribution in [1.29, 1.82) is 0 Å². The van der Waals surface area contributed by atoms with Crippen molar-refractivity contribution in [2.24, 2.45) is 0 Å². The summed E-state index contributed by atoms with van der Waals surface area (Å²) in [7, 11) is -2.75. The van der Waals surface area contributed by atoms with Crippen LogP contribution in [0.3, 0.4) is 0 Å². The third kappa shape index (κ3) is 5.32. The molecule has 0 amide bonds. The number of ketones is 1. The van der Waals surface area contributed by atoms with E-state index in [0.717, 1.165) is 16.9 Å².